The van der Waals surface area contributed by atoms with Crippen LogP contribution in [0.15, 0.2) is 63.8 Å². The molecule has 0 fully saturated rings. The van der Waals surface area contributed by atoms with Crippen LogP contribution < -0.4 is 5.63 Å². The molecule has 7 nitrogen and oxygen atoms in total. The number of ketones is 1. The number of nitro groups is 1. The summed E-state index contributed by atoms with van der Waals surface area (Å²) in [6.45, 7) is 1.31. The molecule has 0 radical (unpaired) electrons. The summed E-state index contributed by atoms with van der Waals surface area (Å²) in [5.74, 6) is -0.807. The highest BCUT2D eigenvalue weighted by Crippen LogP contribution is 2.36. The van der Waals surface area contributed by atoms with Gasteiger partial charge in [0.15, 0.2) is 5.78 Å². The van der Waals surface area contributed by atoms with E-state index in [4.69, 9.17) is 4.42 Å². The number of benzene rings is 2. The van der Waals surface area contributed by atoms with Gasteiger partial charge >= 0.3 is 11.3 Å². The minimum atomic E-state index is -0.972. The smallest absolute Gasteiger partial charge is 0.348 e. The van der Waals surface area contributed by atoms with Crippen LogP contribution in [0.1, 0.15) is 18.1 Å². The van der Waals surface area contributed by atoms with Crippen molar-refractivity contribution in [3.63, 3.8) is 0 Å². The quantitative estimate of drug-likeness (QED) is 0.334. The molecular formula is C19H13NO6. The van der Waals surface area contributed by atoms with E-state index in [1.54, 1.807) is 30.3 Å². The normalized spacial score (nSPS) is 11.5. The van der Waals surface area contributed by atoms with Crippen LogP contribution in [0.3, 0.4) is 0 Å². The topological polar surface area (TPSA) is 111 Å². The van der Waals surface area contributed by atoms with Crippen LogP contribution in [-0.4, -0.2) is 15.8 Å². The number of rotatable bonds is 4. The maximum atomic E-state index is 12.5. The Labute approximate surface area is 147 Å². The molecule has 0 amide bonds. The van der Waals surface area contributed by atoms with E-state index in [2.05, 4.69) is 0 Å². The number of non-ortho nitro benzene ring substituents is 1. The van der Waals surface area contributed by atoms with Crippen molar-refractivity contribution in [2.24, 2.45) is 0 Å². The van der Waals surface area contributed by atoms with E-state index >= 15 is 0 Å². The van der Waals surface area contributed by atoms with Gasteiger partial charge in [-0.3, -0.25) is 14.9 Å². The molecule has 7 heteroatoms. The fourth-order valence-corrected chi connectivity index (χ4v) is 2.70. The van der Waals surface area contributed by atoms with Crippen LogP contribution in [0, 0.1) is 10.1 Å². The number of nitro benzene ring substituents is 1. The number of aromatic hydroxyl groups is 1. The minimum Gasteiger partial charge on any atom is -0.506 e. The van der Waals surface area contributed by atoms with Crippen LogP contribution in [0.25, 0.3) is 16.5 Å². The molecule has 0 aliphatic heterocycles. The molecule has 3 aromatic rings. The average Bonchev–Trinajstić information content (AvgIpc) is 2.60. The van der Waals surface area contributed by atoms with Gasteiger partial charge in [-0.05, 0) is 24.6 Å². The van der Waals surface area contributed by atoms with Crippen molar-refractivity contribution in [1.29, 1.82) is 0 Å². The molecule has 1 heterocycles. The Morgan fingerprint density at radius 3 is 2.46 bits per heavy atom. The lowest BCUT2D eigenvalue weighted by Gasteiger charge is -2.10. The lowest BCUT2D eigenvalue weighted by atomic mass is 9.96. The summed E-state index contributed by atoms with van der Waals surface area (Å²) in [5, 5.41) is 21.8. The lowest BCUT2D eigenvalue weighted by molar-refractivity contribution is -0.383. The second kappa shape index (κ2) is 6.64. The summed E-state index contributed by atoms with van der Waals surface area (Å²) in [6, 6.07) is 12.5. The van der Waals surface area contributed by atoms with Crippen LogP contribution >= 0.6 is 0 Å². The molecule has 26 heavy (non-hydrogen) atoms. The van der Waals surface area contributed by atoms with Gasteiger partial charge in [-0.1, -0.05) is 36.4 Å². The first-order valence-electron chi connectivity index (χ1n) is 7.61. The summed E-state index contributed by atoms with van der Waals surface area (Å²) in [4.78, 5) is 34.6. The average molecular weight is 351 g/mol. The van der Waals surface area contributed by atoms with E-state index in [1.807, 2.05) is 0 Å². The molecule has 0 atom stereocenters. The predicted octanol–water partition coefficient (Wildman–Crippen LogP) is 3.43. The highest BCUT2D eigenvalue weighted by atomic mass is 16.6. The van der Waals surface area contributed by atoms with Crippen molar-refractivity contribution in [2.75, 3.05) is 0 Å². The highest BCUT2D eigenvalue weighted by Gasteiger charge is 2.24. The van der Waals surface area contributed by atoms with Gasteiger partial charge < -0.3 is 9.52 Å². The molecule has 1 aromatic heterocycles. The fraction of sp³-hybridized carbons (Fsp3) is 0.0526. The van der Waals surface area contributed by atoms with Crippen LogP contribution in [0.4, 0.5) is 5.69 Å². The van der Waals surface area contributed by atoms with Crippen molar-refractivity contribution >= 4 is 28.0 Å². The zero-order chi connectivity index (χ0) is 18.8. The third-order valence-corrected chi connectivity index (χ3v) is 3.78. The van der Waals surface area contributed by atoms with Crippen LogP contribution in [0.5, 0.6) is 5.75 Å². The van der Waals surface area contributed by atoms with Gasteiger partial charge in [-0.25, -0.2) is 4.79 Å². The number of para-hydroxylation sites is 1. The third-order valence-electron chi connectivity index (χ3n) is 3.78. The van der Waals surface area contributed by atoms with Gasteiger partial charge in [0.05, 0.1) is 10.3 Å². The molecule has 0 bridgehead atoms. The largest absolute Gasteiger partial charge is 0.506 e. The number of carbonyl (C=O) groups excluding carboxylic acids is 1. The van der Waals surface area contributed by atoms with E-state index < -0.39 is 22.0 Å². The Bertz CT molecular complexity index is 1110. The monoisotopic (exact) mass is 351 g/mol. The number of allylic oxidation sites excluding steroid dienone is 1. The van der Waals surface area contributed by atoms with Crippen molar-refractivity contribution in [3.05, 3.63) is 86.3 Å². The maximum Gasteiger partial charge on any atom is 0.348 e. The minimum absolute atomic E-state index is 0.0131. The molecule has 0 unspecified atom stereocenters. The van der Waals surface area contributed by atoms with E-state index in [0.29, 0.717) is 5.56 Å². The first-order valence-corrected chi connectivity index (χ1v) is 7.61. The molecular weight excluding hydrogens is 338 g/mol. The SMILES string of the molecule is CC(=O)/C=C(/c1ccccc1)c1c(O)c2cccc([N+](=O)[O-])c2oc1=O. The number of nitrogens with zero attached hydrogens (tertiary/aromatic N) is 1. The zero-order valence-electron chi connectivity index (χ0n) is 13.6. The van der Waals surface area contributed by atoms with E-state index in [1.165, 1.54) is 31.2 Å². The van der Waals surface area contributed by atoms with Gasteiger partial charge in [0, 0.05) is 11.6 Å². The number of hydrogen-bond acceptors (Lipinski definition) is 6. The van der Waals surface area contributed by atoms with Gasteiger partial charge in [0.2, 0.25) is 5.58 Å². The second-order valence-corrected chi connectivity index (χ2v) is 5.56. The maximum absolute atomic E-state index is 12.5. The third kappa shape index (κ3) is 2.98. The van der Waals surface area contributed by atoms with Gasteiger partial charge in [-0.15, -0.1) is 0 Å². The lowest BCUT2D eigenvalue weighted by Crippen LogP contribution is -2.09. The van der Waals surface area contributed by atoms with Gasteiger partial charge in [-0.2, -0.15) is 0 Å². The van der Waals surface area contributed by atoms with Crippen molar-refractivity contribution in [2.45, 2.75) is 6.92 Å². The Balaban J connectivity index is 2.39. The predicted molar refractivity (Wildman–Crippen MR) is 95.0 cm³/mol. The number of carbonyl (C=O) groups is 1. The summed E-state index contributed by atoms with van der Waals surface area (Å²) in [5.41, 5.74) is -1.25. The Morgan fingerprint density at radius 2 is 1.85 bits per heavy atom. The highest BCUT2D eigenvalue weighted by molar-refractivity contribution is 6.02. The molecule has 1 N–H and O–H groups in total. The van der Waals surface area contributed by atoms with Crippen LogP contribution in [0.2, 0.25) is 0 Å². The molecule has 130 valence electrons. The molecule has 2 aromatic carbocycles. The fourth-order valence-electron chi connectivity index (χ4n) is 2.70. The van der Waals surface area contributed by atoms with Gasteiger partial charge in [0.25, 0.3) is 0 Å². The Morgan fingerprint density at radius 1 is 1.15 bits per heavy atom. The summed E-state index contributed by atoms with van der Waals surface area (Å²) in [7, 11) is 0. The Hall–Kier alpha value is -3.74. The molecule has 0 aliphatic rings. The standard InChI is InChI=1S/C19H13NO6/c1-11(21)10-14(12-6-3-2-4-7-12)16-17(22)13-8-5-9-15(20(24)25)18(13)26-19(16)23/h2-10,22H,1H3/b14-10-. The molecule has 0 aliphatic carbocycles. The van der Waals surface area contributed by atoms with Crippen molar-refractivity contribution < 1.29 is 19.2 Å². The van der Waals surface area contributed by atoms with Crippen molar-refractivity contribution in [1.82, 2.24) is 0 Å². The summed E-state index contributed by atoms with van der Waals surface area (Å²) < 4.78 is 5.14. The molecule has 0 spiro atoms. The van der Waals surface area contributed by atoms with E-state index in [0.717, 1.165) is 0 Å². The van der Waals surface area contributed by atoms with Gasteiger partial charge in [0.1, 0.15) is 11.3 Å². The van der Waals surface area contributed by atoms with Crippen molar-refractivity contribution in [3.8, 4) is 5.75 Å². The Kier molecular flexibility index (Phi) is 4.36. The summed E-state index contributed by atoms with van der Waals surface area (Å²) >= 11 is 0. The van der Waals surface area contributed by atoms with E-state index in [-0.39, 0.29) is 27.9 Å². The number of hydrogen-bond donors (Lipinski definition) is 1. The molecule has 0 saturated heterocycles. The first kappa shape index (κ1) is 17.1. The number of fused-ring (bicyclic) bond motifs is 1. The van der Waals surface area contributed by atoms with Crippen LogP contribution in [-0.2, 0) is 4.79 Å². The first-order chi connectivity index (χ1) is 12.4. The summed E-state index contributed by atoms with van der Waals surface area (Å²) in [6.07, 6.45) is 1.21. The zero-order valence-corrected chi connectivity index (χ0v) is 13.6. The molecule has 3 rings (SSSR count). The molecule has 0 saturated carbocycles. The second-order valence-electron chi connectivity index (χ2n) is 5.56. The van der Waals surface area contributed by atoms with E-state index in [9.17, 15) is 24.8 Å².